The number of nitrogens with zero attached hydrogens (tertiary/aromatic N) is 4. The van der Waals surface area contributed by atoms with E-state index >= 15 is 0 Å². The standard InChI is InChI=1S/C20H23N5O2S/c26-19(24-28(27)16-7-11-25(23-16)12-4-5-12)22-17-13-2-1-3-15(13)21-18-14(17)6-8-20(18)9-10-20/h7,11-12,28H,1-6,8-10H2,(H,21,22,26). The summed E-state index contributed by atoms with van der Waals surface area (Å²) < 4.78 is 18.2. The molecule has 1 spiro atoms. The summed E-state index contributed by atoms with van der Waals surface area (Å²) in [6.45, 7) is 0. The van der Waals surface area contributed by atoms with Crippen LogP contribution in [0.4, 0.5) is 10.5 Å². The third-order valence-corrected chi connectivity index (χ3v) is 7.65. The van der Waals surface area contributed by atoms with Gasteiger partial charge in [0.25, 0.3) is 0 Å². The van der Waals surface area contributed by atoms with Crippen LogP contribution in [-0.2, 0) is 35.3 Å². The zero-order valence-electron chi connectivity index (χ0n) is 15.6. The molecule has 2 amide bonds. The van der Waals surface area contributed by atoms with Crippen LogP contribution in [0.5, 0.6) is 0 Å². The quantitative estimate of drug-likeness (QED) is 0.778. The SMILES string of the molecule is O=C(/N=[SH](=O)/c1ccn(C2CC2)n1)Nc1c2c(nc3c1CCC31CC1)CCC2. The third kappa shape index (κ3) is 2.61. The smallest absolute Gasteiger partial charge is 0.305 e. The van der Waals surface area contributed by atoms with E-state index in [1.54, 1.807) is 6.07 Å². The van der Waals surface area contributed by atoms with Crippen LogP contribution in [0.3, 0.4) is 0 Å². The Labute approximate surface area is 165 Å². The Balaban J connectivity index is 1.31. The molecule has 2 aromatic heterocycles. The number of aryl methyl sites for hydroxylation is 1. The molecule has 146 valence electrons. The molecule has 1 atom stereocenters. The summed E-state index contributed by atoms with van der Waals surface area (Å²) in [6, 6.07) is 1.58. The minimum atomic E-state index is -2.19. The van der Waals surface area contributed by atoms with E-state index in [-0.39, 0.29) is 5.41 Å². The first-order chi connectivity index (χ1) is 13.6. The average molecular weight is 398 g/mol. The average Bonchev–Trinajstić information content (AvgIpc) is 3.52. The molecule has 7 nitrogen and oxygen atoms in total. The second-order valence-electron chi connectivity index (χ2n) is 8.56. The highest BCUT2D eigenvalue weighted by Crippen LogP contribution is 2.58. The lowest BCUT2D eigenvalue weighted by Crippen LogP contribution is -2.14. The van der Waals surface area contributed by atoms with Crippen LogP contribution in [0.1, 0.15) is 67.1 Å². The molecule has 0 aromatic carbocycles. The fourth-order valence-electron chi connectivity index (χ4n) is 4.81. The number of pyridine rings is 1. The van der Waals surface area contributed by atoms with Gasteiger partial charge >= 0.3 is 6.03 Å². The van der Waals surface area contributed by atoms with Gasteiger partial charge in [-0.2, -0.15) is 5.10 Å². The van der Waals surface area contributed by atoms with E-state index in [2.05, 4.69) is 14.8 Å². The van der Waals surface area contributed by atoms with Crippen molar-refractivity contribution in [2.45, 2.75) is 74.3 Å². The normalized spacial score (nSPS) is 22.3. The van der Waals surface area contributed by atoms with Gasteiger partial charge in [0.2, 0.25) is 0 Å². The van der Waals surface area contributed by atoms with Gasteiger partial charge in [-0.15, -0.1) is 4.36 Å². The Hall–Kier alpha value is -2.22. The number of aromatic nitrogens is 3. The Morgan fingerprint density at radius 3 is 2.86 bits per heavy atom. The molecule has 0 saturated heterocycles. The van der Waals surface area contributed by atoms with Crippen LogP contribution in [0.2, 0.25) is 0 Å². The largest absolute Gasteiger partial charge is 0.353 e. The van der Waals surface area contributed by atoms with Gasteiger partial charge in [-0.05, 0) is 75.0 Å². The molecule has 4 aliphatic rings. The molecule has 1 unspecified atom stereocenters. The number of anilines is 1. The Kier molecular flexibility index (Phi) is 3.51. The maximum absolute atomic E-state index is 12.6. The number of urea groups is 1. The van der Waals surface area contributed by atoms with E-state index in [1.165, 1.54) is 24.1 Å². The summed E-state index contributed by atoms with van der Waals surface area (Å²) in [6.07, 6.45) is 11.5. The highest BCUT2D eigenvalue weighted by atomic mass is 32.2. The predicted octanol–water partition coefficient (Wildman–Crippen LogP) is 3.34. The highest BCUT2D eigenvalue weighted by Gasteiger charge is 2.51. The number of hydrogen-bond donors (Lipinski definition) is 2. The Morgan fingerprint density at radius 2 is 2.07 bits per heavy atom. The monoisotopic (exact) mass is 397 g/mol. The predicted molar refractivity (Wildman–Crippen MR) is 105 cm³/mol. The van der Waals surface area contributed by atoms with Crippen molar-refractivity contribution in [3.63, 3.8) is 0 Å². The summed E-state index contributed by atoms with van der Waals surface area (Å²) in [4.78, 5) is 17.6. The molecule has 4 aliphatic carbocycles. The molecule has 28 heavy (non-hydrogen) atoms. The fourth-order valence-corrected chi connectivity index (χ4v) is 5.51. The number of carbonyl (C=O) groups is 1. The zero-order valence-corrected chi connectivity index (χ0v) is 16.5. The van der Waals surface area contributed by atoms with Gasteiger partial charge in [-0.1, -0.05) is 0 Å². The lowest BCUT2D eigenvalue weighted by molar-refractivity contribution is 0.260. The first-order valence-electron chi connectivity index (χ1n) is 10.2. The van der Waals surface area contributed by atoms with Gasteiger partial charge in [0.1, 0.15) is 0 Å². The molecule has 2 saturated carbocycles. The van der Waals surface area contributed by atoms with Crippen LogP contribution in [0, 0.1) is 0 Å². The van der Waals surface area contributed by atoms with Crippen molar-refractivity contribution in [1.82, 2.24) is 14.8 Å². The maximum atomic E-state index is 12.6. The molecule has 0 radical (unpaired) electrons. The number of rotatable bonds is 3. The van der Waals surface area contributed by atoms with Crippen molar-refractivity contribution in [2.75, 3.05) is 5.32 Å². The Bertz CT molecular complexity index is 1090. The van der Waals surface area contributed by atoms with Crippen molar-refractivity contribution in [2.24, 2.45) is 4.36 Å². The number of fused-ring (bicyclic) bond motifs is 3. The van der Waals surface area contributed by atoms with Gasteiger partial charge in [0.15, 0.2) is 5.03 Å². The van der Waals surface area contributed by atoms with Gasteiger partial charge < -0.3 is 5.32 Å². The molecular weight excluding hydrogens is 374 g/mol. The molecular formula is C20H23N5O2S. The number of hydrogen-bond acceptors (Lipinski definition) is 4. The zero-order chi connectivity index (χ0) is 18.9. The minimum Gasteiger partial charge on any atom is -0.305 e. The van der Waals surface area contributed by atoms with E-state index in [1.807, 2.05) is 10.9 Å². The number of amides is 2. The molecule has 2 heterocycles. The molecule has 0 bridgehead atoms. The van der Waals surface area contributed by atoms with Crippen molar-refractivity contribution in [3.8, 4) is 0 Å². The van der Waals surface area contributed by atoms with Crippen LogP contribution in [0.25, 0.3) is 0 Å². The van der Waals surface area contributed by atoms with Gasteiger partial charge in [0.05, 0.1) is 28.0 Å². The molecule has 2 aromatic rings. The molecule has 6 rings (SSSR count). The van der Waals surface area contributed by atoms with Crippen LogP contribution >= 0.6 is 0 Å². The summed E-state index contributed by atoms with van der Waals surface area (Å²) in [5, 5.41) is 7.69. The first kappa shape index (κ1) is 16.7. The number of thiol groups is 1. The molecule has 0 aliphatic heterocycles. The van der Waals surface area contributed by atoms with Crippen molar-refractivity contribution in [1.29, 1.82) is 0 Å². The summed E-state index contributed by atoms with van der Waals surface area (Å²) in [5.41, 5.74) is 5.86. The summed E-state index contributed by atoms with van der Waals surface area (Å²) in [5.74, 6) is 0. The summed E-state index contributed by atoms with van der Waals surface area (Å²) >= 11 is 0. The second kappa shape index (κ2) is 5.89. The van der Waals surface area contributed by atoms with Gasteiger partial charge in [-0.3, -0.25) is 9.67 Å². The van der Waals surface area contributed by atoms with Crippen LogP contribution in [0.15, 0.2) is 21.7 Å². The van der Waals surface area contributed by atoms with Crippen molar-refractivity contribution < 1.29 is 9.00 Å². The van der Waals surface area contributed by atoms with Gasteiger partial charge in [-0.25, -0.2) is 9.00 Å². The molecule has 1 N–H and O–H groups in total. The van der Waals surface area contributed by atoms with Crippen molar-refractivity contribution in [3.05, 3.63) is 34.8 Å². The van der Waals surface area contributed by atoms with Crippen LogP contribution in [-0.4, -0.2) is 25.0 Å². The Morgan fingerprint density at radius 1 is 1.21 bits per heavy atom. The third-order valence-electron chi connectivity index (χ3n) is 6.66. The van der Waals surface area contributed by atoms with E-state index < -0.39 is 16.6 Å². The molecule has 8 heteroatoms. The van der Waals surface area contributed by atoms with Gasteiger partial charge in [0, 0.05) is 17.3 Å². The number of nitrogens with one attached hydrogen (secondary N) is 1. The topological polar surface area (TPSA) is 89.2 Å². The van der Waals surface area contributed by atoms with E-state index in [0.29, 0.717) is 11.1 Å². The van der Waals surface area contributed by atoms with Crippen molar-refractivity contribution >= 4 is 22.3 Å². The van der Waals surface area contributed by atoms with Crippen LogP contribution < -0.4 is 5.32 Å². The van der Waals surface area contributed by atoms with E-state index in [0.717, 1.165) is 61.9 Å². The van der Waals surface area contributed by atoms with E-state index in [4.69, 9.17) is 4.98 Å². The second-order valence-corrected chi connectivity index (χ2v) is 9.77. The first-order valence-corrected chi connectivity index (χ1v) is 11.4. The number of carbonyl (C=O) groups excluding carboxylic acids is 1. The fraction of sp³-hybridized carbons (Fsp3) is 0.550. The lowest BCUT2D eigenvalue weighted by atomic mass is 10.0. The molecule has 2 fully saturated rings. The van der Waals surface area contributed by atoms with E-state index in [9.17, 15) is 9.00 Å². The maximum Gasteiger partial charge on any atom is 0.353 e. The minimum absolute atomic E-state index is 0.268. The summed E-state index contributed by atoms with van der Waals surface area (Å²) in [7, 11) is -2.19. The lowest BCUT2D eigenvalue weighted by Gasteiger charge is -2.15. The highest BCUT2D eigenvalue weighted by molar-refractivity contribution is 7.75.